The first-order chi connectivity index (χ1) is 12.3. The second kappa shape index (κ2) is 17.7. The van der Waals surface area contributed by atoms with E-state index in [2.05, 4.69) is 39.3 Å². The van der Waals surface area contributed by atoms with Gasteiger partial charge in [0.05, 0.1) is 0 Å². The highest BCUT2D eigenvalue weighted by molar-refractivity contribution is 6.77. The van der Waals surface area contributed by atoms with Gasteiger partial charge in [-0.2, -0.15) is 0 Å². The molecule has 0 heterocycles. The highest BCUT2D eigenvalue weighted by atomic mass is 28.3. The fourth-order valence-electron chi connectivity index (χ4n) is 4.03. The van der Waals surface area contributed by atoms with Crippen molar-refractivity contribution in [3.8, 4) is 0 Å². The van der Waals surface area contributed by atoms with Crippen molar-refractivity contribution in [1.29, 1.82) is 0 Å². The van der Waals surface area contributed by atoms with Gasteiger partial charge in [-0.3, -0.25) is 0 Å². The number of unbranched alkanes of at least 4 members (excludes halogenated alkanes) is 11. The van der Waals surface area contributed by atoms with Crippen molar-refractivity contribution in [2.75, 3.05) is 0 Å². The van der Waals surface area contributed by atoms with E-state index in [9.17, 15) is 0 Å². The van der Waals surface area contributed by atoms with Gasteiger partial charge in [-0.05, 0) is 0 Å². The molecule has 0 aromatic carbocycles. The summed E-state index contributed by atoms with van der Waals surface area (Å²) in [4.78, 5) is 0. The molecule has 0 spiro atoms. The average Bonchev–Trinajstić information content (AvgIpc) is 2.55. The van der Waals surface area contributed by atoms with Crippen LogP contribution in [0, 0.1) is 0 Å². The Bertz CT molecular complexity index is 287. The maximum absolute atomic E-state index is 2.65. The number of rotatable bonds is 19. The molecule has 0 fully saturated rings. The van der Waals surface area contributed by atoms with Crippen molar-refractivity contribution in [2.24, 2.45) is 0 Å². The third-order valence-electron chi connectivity index (χ3n) is 6.02. The molecule has 0 aliphatic carbocycles. The summed E-state index contributed by atoms with van der Waals surface area (Å²) in [5, 5.41) is 0. The summed E-state index contributed by atoms with van der Waals surface area (Å²) in [5.74, 6) is 0. The highest BCUT2D eigenvalue weighted by Gasteiger charge is 2.18. The molecule has 0 N–H and O–H groups in total. The number of hydrogen-bond acceptors (Lipinski definition) is 0. The molecule has 158 valence electrons. The van der Waals surface area contributed by atoms with Gasteiger partial charge in [0.2, 0.25) is 0 Å². The lowest BCUT2D eigenvalue weighted by atomic mass is 10.1. The molecule has 0 unspecified atom stereocenters. The van der Waals surface area contributed by atoms with Crippen LogP contribution in [-0.4, -0.2) is 25.7 Å². The molecule has 0 radical (unpaired) electrons. The second-order valence-corrected chi connectivity index (χ2v) is 22.7. The van der Waals surface area contributed by atoms with Crippen molar-refractivity contribution in [1.82, 2.24) is 0 Å². The Kier molecular flexibility index (Phi) is 18.2. The van der Waals surface area contributed by atoms with Crippen LogP contribution in [0.25, 0.3) is 0 Å². The molecule has 0 aromatic heterocycles. The van der Waals surface area contributed by atoms with E-state index >= 15 is 0 Å². The molecular formula is C23H54Si3. The van der Waals surface area contributed by atoms with Crippen LogP contribution in [0.4, 0.5) is 0 Å². The van der Waals surface area contributed by atoms with Crippen molar-refractivity contribution >= 4 is 25.7 Å². The smallest absolute Gasteiger partial charge is 0.0473 e. The van der Waals surface area contributed by atoms with Crippen LogP contribution in [0.3, 0.4) is 0 Å². The lowest BCUT2D eigenvalue weighted by molar-refractivity contribution is 0.582. The van der Waals surface area contributed by atoms with Crippen LogP contribution in [0.5, 0.6) is 0 Å². The Morgan fingerprint density at radius 3 is 1.00 bits per heavy atom. The Labute approximate surface area is 172 Å². The van der Waals surface area contributed by atoms with E-state index in [1.807, 2.05) is 0 Å². The van der Waals surface area contributed by atoms with E-state index < -0.39 is 8.07 Å². The minimum atomic E-state index is -0.876. The maximum Gasteiger partial charge on any atom is 0.0473 e. The first kappa shape index (κ1) is 26.7. The molecule has 0 amide bonds. The van der Waals surface area contributed by atoms with E-state index in [0.29, 0.717) is 0 Å². The minimum absolute atomic E-state index is 0.277. The zero-order valence-electron chi connectivity index (χ0n) is 19.7. The van der Waals surface area contributed by atoms with Gasteiger partial charge in [-0.25, -0.2) is 0 Å². The molecule has 3 heteroatoms. The van der Waals surface area contributed by atoms with Gasteiger partial charge in [0, 0.05) is 25.7 Å². The summed E-state index contributed by atoms with van der Waals surface area (Å²) in [6, 6.07) is 6.31. The van der Waals surface area contributed by atoms with Gasteiger partial charge in [-0.15, -0.1) is 0 Å². The molecule has 0 rings (SSSR count). The predicted octanol–water partition coefficient (Wildman–Crippen LogP) is 8.74. The van der Waals surface area contributed by atoms with Gasteiger partial charge in [0.15, 0.2) is 0 Å². The third-order valence-corrected chi connectivity index (χ3v) is 12.6. The van der Waals surface area contributed by atoms with E-state index in [1.165, 1.54) is 83.5 Å². The lowest BCUT2D eigenvalue weighted by Crippen LogP contribution is -2.24. The summed E-state index contributed by atoms with van der Waals surface area (Å²) in [6.07, 6.45) is 19.6. The van der Waals surface area contributed by atoms with Crippen molar-refractivity contribution in [2.45, 2.75) is 147 Å². The predicted molar refractivity (Wildman–Crippen MR) is 134 cm³/mol. The van der Waals surface area contributed by atoms with Gasteiger partial charge >= 0.3 is 0 Å². The molecule has 0 saturated carbocycles. The molecule has 0 aromatic rings. The van der Waals surface area contributed by atoms with Crippen LogP contribution < -0.4 is 0 Å². The van der Waals surface area contributed by atoms with Crippen molar-refractivity contribution < 1.29 is 0 Å². The Morgan fingerprint density at radius 2 is 0.692 bits per heavy atom. The number of hydrogen-bond donors (Lipinski definition) is 0. The molecule has 0 atom stereocenters. The maximum atomic E-state index is 2.65. The zero-order valence-corrected chi connectivity index (χ0v) is 23.0. The molecule has 0 nitrogen and oxygen atoms in total. The largest absolute Gasteiger partial charge is 0.0722 e. The lowest BCUT2D eigenvalue weighted by Gasteiger charge is -2.22. The van der Waals surface area contributed by atoms with Crippen LogP contribution in [0.15, 0.2) is 0 Å². The van der Waals surface area contributed by atoms with E-state index in [1.54, 1.807) is 24.2 Å². The van der Waals surface area contributed by atoms with Gasteiger partial charge < -0.3 is 0 Å². The second-order valence-electron chi connectivity index (χ2n) is 10.6. The van der Waals surface area contributed by atoms with Crippen LogP contribution in [0.2, 0.25) is 63.5 Å². The third kappa shape index (κ3) is 21.0. The summed E-state index contributed by atoms with van der Waals surface area (Å²) in [6.45, 7) is 15.2. The quantitative estimate of drug-likeness (QED) is 0.146. The molecule has 0 aliphatic rings. The zero-order chi connectivity index (χ0) is 19.7. The Hall–Kier alpha value is 0.651. The molecule has 0 saturated heterocycles. The summed E-state index contributed by atoms with van der Waals surface area (Å²) < 4.78 is 0. The Morgan fingerprint density at radius 1 is 0.423 bits per heavy atom. The topological polar surface area (TPSA) is 0 Å². The molecule has 0 aliphatic heterocycles. The van der Waals surface area contributed by atoms with E-state index in [0.717, 1.165) is 0 Å². The normalized spacial score (nSPS) is 12.5. The minimum Gasteiger partial charge on any atom is -0.0722 e. The highest BCUT2D eigenvalue weighted by Crippen LogP contribution is 2.23. The van der Waals surface area contributed by atoms with E-state index in [4.69, 9.17) is 0 Å². The van der Waals surface area contributed by atoms with E-state index in [-0.39, 0.29) is 17.6 Å². The van der Waals surface area contributed by atoms with Gasteiger partial charge in [0.25, 0.3) is 0 Å². The summed E-state index contributed by atoms with van der Waals surface area (Å²) in [5.41, 5.74) is 0. The fourth-order valence-corrected chi connectivity index (χ4v) is 8.90. The standard InChI is InChI=1S/C23H54Si3/c1-24(2)20-16-12-9-7-8-10-14-18-22-26(5,6)23-19-15-11-13-17-21-25(3)4/h24-25H,7-23H2,1-6H3. The van der Waals surface area contributed by atoms with Crippen molar-refractivity contribution in [3.05, 3.63) is 0 Å². The molecule has 26 heavy (non-hydrogen) atoms. The van der Waals surface area contributed by atoms with Gasteiger partial charge in [0.1, 0.15) is 0 Å². The Balaban J connectivity index is 3.36. The first-order valence-electron chi connectivity index (χ1n) is 12.3. The first-order valence-corrected chi connectivity index (χ1v) is 22.0. The fraction of sp³-hybridized carbons (Fsp3) is 1.00. The van der Waals surface area contributed by atoms with Crippen molar-refractivity contribution in [3.63, 3.8) is 0 Å². The summed E-state index contributed by atoms with van der Waals surface area (Å²) >= 11 is 0. The SMILES string of the molecule is C[SiH](C)CCCCCCCCCC[Si](C)(C)CCCCCCC[SiH](C)C. The van der Waals surface area contributed by atoms with Crippen LogP contribution in [-0.2, 0) is 0 Å². The van der Waals surface area contributed by atoms with Crippen LogP contribution >= 0.6 is 0 Å². The molecular weight excluding hydrogens is 361 g/mol. The average molecular weight is 415 g/mol. The monoisotopic (exact) mass is 414 g/mol. The van der Waals surface area contributed by atoms with Crippen LogP contribution in [0.1, 0.15) is 83.5 Å². The van der Waals surface area contributed by atoms with Gasteiger partial charge in [-0.1, -0.05) is 147 Å². The molecule has 0 bridgehead atoms. The summed E-state index contributed by atoms with van der Waals surface area (Å²) in [7, 11) is -1.43.